The molecule has 2 atom stereocenters. The fraction of sp³-hybridized carbons (Fsp3) is 0.400. The Morgan fingerprint density at radius 2 is 2.06 bits per heavy atom. The highest BCUT2D eigenvalue weighted by atomic mass is 16.5. The zero-order valence-corrected chi connectivity index (χ0v) is 18.7. The van der Waals surface area contributed by atoms with Gasteiger partial charge in [0.15, 0.2) is 6.61 Å². The highest BCUT2D eigenvalue weighted by molar-refractivity contribution is 5.95. The molecule has 174 valence electrons. The predicted octanol–water partition coefficient (Wildman–Crippen LogP) is 2.90. The molecule has 2 unspecified atom stereocenters. The summed E-state index contributed by atoms with van der Waals surface area (Å²) in [5.41, 5.74) is 1.48. The third-order valence-electron chi connectivity index (χ3n) is 5.97. The van der Waals surface area contributed by atoms with E-state index in [1.54, 1.807) is 11.0 Å². The smallest absolute Gasteiger partial charge is 0.262 e. The van der Waals surface area contributed by atoms with E-state index in [4.69, 9.17) is 9.47 Å². The maximum Gasteiger partial charge on any atom is 0.262 e. The summed E-state index contributed by atoms with van der Waals surface area (Å²) in [6.07, 6.45) is 1.82. The Kier molecular flexibility index (Phi) is 7.12. The molecule has 0 aromatic heterocycles. The lowest BCUT2D eigenvalue weighted by Crippen LogP contribution is -2.46. The number of benzene rings is 2. The van der Waals surface area contributed by atoms with Crippen molar-refractivity contribution in [3.05, 3.63) is 54.1 Å². The molecule has 2 aliphatic heterocycles. The third kappa shape index (κ3) is 5.83. The van der Waals surface area contributed by atoms with Crippen molar-refractivity contribution in [1.82, 2.24) is 10.2 Å². The Morgan fingerprint density at radius 1 is 1.24 bits per heavy atom. The first kappa shape index (κ1) is 22.6. The van der Waals surface area contributed by atoms with Gasteiger partial charge in [-0.15, -0.1) is 0 Å². The molecule has 4 rings (SSSR count). The molecule has 0 radical (unpaired) electrons. The summed E-state index contributed by atoms with van der Waals surface area (Å²) in [5, 5.41) is 5.84. The lowest BCUT2D eigenvalue weighted by molar-refractivity contribution is -0.136. The van der Waals surface area contributed by atoms with Gasteiger partial charge in [-0.3, -0.25) is 14.4 Å². The molecule has 2 heterocycles. The van der Waals surface area contributed by atoms with Gasteiger partial charge >= 0.3 is 0 Å². The highest BCUT2D eigenvalue weighted by Crippen LogP contribution is 2.30. The van der Waals surface area contributed by atoms with Gasteiger partial charge in [0, 0.05) is 13.1 Å². The summed E-state index contributed by atoms with van der Waals surface area (Å²) < 4.78 is 11.0. The second-order valence-electron chi connectivity index (χ2n) is 8.41. The van der Waals surface area contributed by atoms with Crippen molar-refractivity contribution in [1.29, 1.82) is 0 Å². The van der Waals surface area contributed by atoms with Crippen LogP contribution in [0, 0.1) is 5.92 Å². The van der Waals surface area contributed by atoms with Crippen molar-refractivity contribution < 1.29 is 23.9 Å². The Morgan fingerprint density at radius 3 is 2.88 bits per heavy atom. The van der Waals surface area contributed by atoms with Crippen LogP contribution in [0.2, 0.25) is 0 Å². The number of ether oxygens (including phenoxy) is 2. The molecule has 0 bridgehead atoms. The van der Waals surface area contributed by atoms with E-state index in [0.29, 0.717) is 31.1 Å². The van der Waals surface area contributed by atoms with Crippen LogP contribution < -0.4 is 20.1 Å². The van der Waals surface area contributed by atoms with Crippen molar-refractivity contribution >= 4 is 23.4 Å². The molecule has 0 spiro atoms. The summed E-state index contributed by atoms with van der Waals surface area (Å²) in [4.78, 5) is 38.9. The monoisotopic (exact) mass is 451 g/mol. The summed E-state index contributed by atoms with van der Waals surface area (Å²) >= 11 is 0. The van der Waals surface area contributed by atoms with Crippen LogP contribution in [0.1, 0.15) is 37.8 Å². The number of hydrogen-bond donors (Lipinski definition) is 2. The van der Waals surface area contributed by atoms with E-state index in [9.17, 15) is 14.4 Å². The molecule has 2 aromatic rings. The number of carbonyl (C=O) groups excluding carboxylic acids is 3. The van der Waals surface area contributed by atoms with E-state index in [1.165, 1.54) is 0 Å². The largest absolute Gasteiger partial charge is 0.493 e. The Labute approximate surface area is 193 Å². The molecule has 2 aromatic carbocycles. The molecule has 0 aliphatic carbocycles. The van der Waals surface area contributed by atoms with Crippen molar-refractivity contribution in [2.45, 2.75) is 32.2 Å². The topological polar surface area (TPSA) is 97.0 Å². The summed E-state index contributed by atoms with van der Waals surface area (Å²) in [6.45, 7) is 3.29. The van der Waals surface area contributed by atoms with Crippen LogP contribution in [0.3, 0.4) is 0 Å². The van der Waals surface area contributed by atoms with Crippen LogP contribution in [-0.2, 0) is 14.4 Å². The molecular weight excluding hydrogens is 422 g/mol. The molecule has 8 nitrogen and oxygen atoms in total. The zero-order valence-electron chi connectivity index (χ0n) is 18.7. The highest BCUT2D eigenvalue weighted by Gasteiger charge is 2.29. The van der Waals surface area contributed by atoms with E-state index >= 15 is 0 Å². The third-order valence-corrected chi connectivity index (χ3v) is 5.97. The molecule has 33 heavy (non-hydrogen) atoms. The minimum Gasteiger partial charge on any atom is -0.493 e. The molecule has 3 amide bonds. The number of nitrogens with one attached hydrogen (secondary N) is 2. The quantitative estimate of drug-likeness (QED) is 0.675. The molecule has 2 aliphatic rings. The first-order valence-electron chi connectivity index (χ1n) is 11.3. The summed E-state index contributed by atoms with van der Waals surface area (Å²) in [5.74, 6) is 0.844. The second kappa shape index (κ2) is 10.4. The van der Waals surface area contributed by atoms with Crippen LogP contribution in [0.5, 0.6) is 11.5 Å². The fourth-order valence-electron chi connectivity index (χ4n) is 4.13. The number of nitrogens with zero attached hydrogens (tertiary/aromatic N) is 1. The number of amides is 3. The van der Waals surface area contributed by atoms with Gasteiger partial charge in [-0.2, -0.15) is 0 Å². The normalized spacial score (nSPS) is 18.4. The van der Waals surface area contributed by atoms with Crippen molar-refractivity contribution in [3.8, 4) is 11.5 Å². The molecule has 8 heteroatoms. The number of para-hydroxylation sites is 1. The van der Waals surface area contributed by atoms with Crippen molar-refractivity contribution in [3.63, 3.8) is 0 Å². The maximum absolute atomic E-state index is 12.9. The zero-order chi connectivity index (χ0) is 23.2. The SMILES string of the molecule is CC(NC(=O)C1CCCN(C(=O)CCOc2ccccc2)C1)c1ccc2c(c1)NC(=O)CO2. The van der Waals surface area contributed by atoms with E-state index < -0.39 is 0 Å². The van der Waals surface area contributed by atoms with Crippen LogP contribution in [0.15, 0.2) is 48.5 Å². The van der Waals surface area contributed by atoms with Gasteiger partial charge in [0.05, 0.1) is 30.7 Å². The van der Waals surface area contributed by atoms with Gasteiger partial charge < -0.3 is 25.0 Å². The van der Waals surface area contributed by atoms with Crippen LogP contribution >= 0.6 is 0 Å². The van der Waals surface area contributed by atoms with Crippen LogP contribution in [0.4, 0.5) is 5.69 Å². The summed E-state index contributed by atoms with van der Waals surface area (Å²) in [6, 6.07) is 14.7. The number of fused-ring (bicyclic) bond motifs is 1. The van der Waals surface area contributed by atoms with Gasteiger partial charge in [-0.1, -0.05) is 24.3 Å². The average molecular weight is 452 g/mol. The Bertz CT molecular complexity index is 1010. The number of carbonyl (C=O) groups is 3. The standard InChI is InChI=1S/C25H29N3O5/c1-17(18-9-10-22-21(14-18)27-23(29)16-33-22)26-25(31)19-6-5-12-28(15-19)24(30)11-13-32-20-7-3-2-4-8-20/h2-4,7-10,14,17,19H,5-6,11-13,15-16H2,1H3,(H,26,31)(H,27,29). The maximum atomic E-state index is 12.9. The lowest BCUT2D eigenvalue weighted by Gasteiger charge is -2.33. The van der Waals surface area contributed by atoms with E-state index in [2.05, 4.69) is 10.6 Å². The Hall–Kier alpha value is -3.55. The second-order valence-corrected chi connectivity index (χ2v) is 8.41. The molecule has 2 N–H and O–H groups in total. The molecule has 1 saturated heterocycles. The van der Waals surface area contributed by atoms with Crippen LogP contribution in [0.25, 0.3) is 0 Å². The number of likely N-dealkylation sites (tertiary alicyclic amines) is 1. The van der Waals surface area contributed by atoms with Gasteiger partial charge in [-0.05, 0) is 49.6 Å². The van der Waals surface area contributed by atoms with Gasteiger partial charge in [0.1, 0.15) is 11.5 Å². The van der Waals surface area contributed by atoms with E-state index in [-0.39, 0.29) is 42.7 Å². The minimum atomic E-state index is -0.249. The summed E-state index contributed by atoms with van der Waals surface area (Å²) in [7, 11) is 0. The first-order chi connectivity index (χ1) is 16.0. The predicted molar refractivity (Wildman–Crippen MR) is 123 cm³/mol. The molecule has 1 fully saturated rings. The van der Waals surface area contributed by atoms with Crippen molar-refractivity contribution in [2.24, 2.45) is 5.92 Å². The minimum absolute atomic E-state index is 0.00177. The number of rotatable bonds is 7. The van der Waals surface area contributed by atoms with Crippen LogP contribution in [-0.4, -0.2) is 48.9 Å². The molecular formula is C25H29N3O5. The number of piperidine rings is 1. The lowest BCUT2D eigenvalue weighted by atomic mass is 9.96. The first-order valence-corrected chi connectivity index (χ1v) is 11.3. The number of hydrogen-bond acceptors (Lipinski definition) is 5. The number of anilines is 1. The van der Waals surface area contributed by atoms with Gasteiger partial charge in [0.25, 0.3) is 5.91 Å². The van der Waals surface area contributed by atoms with Gasteiger partial charge in [-0.25, -0.2) is 0 Å². The van der Waals surface area contributed by atoms with E-state index in [0.717, 1.165) is 24.2 Å². The molecule has 0 saturated carbocycles. The average Bonchev–Trinajstić information content (AvgIpc) is 2.84. The van der Waals surface area contributed by atoms with E-state index in [1.807, 2.05) is 49.4 Å². The van der Waals surface area contributed by atoms with Gasteiger partial charge in [0.2, 0.25) is 11.8 Å². The Balaban J connectivity index is 1.28. The van der Waals surface area contributed by atoms with Crippen molar-refractivity contribution in [2.75, 3.05) is 31.6 Å². The fourth-order valence-corrected chi connectivity index (χ4v) is 4.13.